The van der Waals surface area contributed by atoms with Crippen molar-refractivity contribution < 1.29 is 17.7 Å². The predicted octanol–water partition coefficient (Wildman–Crippen LogP) is 21.1. The Morgan fingerprint density at radius 1 is 0.263 bits per heavy atom. The van der Waals surface area contributed by atoms with Gasteiger partial charge in [0.15, 0.2) is 11.2 Å². The minimum Gasteiger partial charge on any atom is -0.456 e. The Labute approximate surface area is 438 Å². The molecule has 0 bridgehead atoms. The third-order valence-electron chi connectivity index (χ3n) is 15.7. The maximum atomic E-state index is 7.20. The Kier molecular flexibility index (Phi) is 9.38. The minimum absolute atomic E-state index is 0.0771. The maximum Gasteiger partial charge on any atom is 0.178 e. The zero-order valence-electron chi connectivity index (χ0n) is 43.2. The van der Waals surface area contributed by atoms with Crippen molar-refractivity contribution in [2.45, 2.75) is 52.4 Å². The Bertz CT molecular complexity index is 4540. The average Bonchev–Trinajstić information content (AvgIpc) is 4.23. The van der Waals surface area contributed by atoms with Crippen molar-refractivity contribution in [3.05, 3.63) is 217 Å². The van der Waals surface area contributed by atoms with Gasteiger partial charge in [-0.1, -0.05) is 163 Å². The van der Waals surface area contributed by atoms with Crippen molar-refractivity contribution in [3.63, 3.8) is 0 Å². The predicted molar refractivity (Wildman–Crippen MR) is 317 cm³/mol. The van der Waals surface area contributed by atoms with Gasteiger partial charge in [0.05, 0.1) is 11.4 Å². The van der Waals surface area contributed by atoms with E-state index in [0.29, 0.717) is 0 Å². The molecule has 4 aromatic heterocycles. The third-order valence-corrected chi connectivity index (χ3v) is 15.7. The number of fused-ring (bicyclic) bond motifs is 17. The SMILES string of the molecule is CC(C)(C)c1cccc2c1oc1ccc(N(c3ccccc3)c3cc4oc5c(ccc6c5oc5cc(N(c7ccccc7)c7ccc8oc9c(C(C)(C)C)cccc9c8c7)c7ccccc7c56)c4c4ccccc34)cc12. The molecular formula is C70H52N2O4. The molecule has 0 unspecified atom stereocenters. The first-order chi connectivity index (χ1) is 37.0. The van der Waals surface area contributed by atoms with Crippen LogP contribution in [0.15, 0.2) is 224 Å². The highest BCUT2D eigenvalue weighted by molar-refractivity contribution is 6.30. The standard InChI is InChI=1S/C70H52N2O4/c1-69(2,3)55-29-17-27-49-53-37-43(31-35-59(53)73-65(49)55)71(41-19-9-7-10-20-41)57-39-61-63(47-25-15-13-23-45(47)57)51-33-34-52-64-48-26-16-14-24-46(48)58(40-62(64)76-68(52)67(51)75-61)72(42-21-11-8-12-22-42)44-32-36-60-54(38-44)50-28-18-30-56(66(50)74-60)70(4,5)6/h7-40H,1-6H3. The first-order valence-corrected chi connectivity index (χ1v) is 26.2. The number of hydrogen-bond acceptors (Lipinski definition) is 6. The molecule has 76 heavy (non-hydrogen) atoms. The van der Waals surface area contributed by atoms with Crippen molar-refractivity contribution in [3.8, 4) is 0 Å². The molecule has 0 aliphatic rings. The molecule has 11 aromatic carbocycles. The summed E-state index contributed by atoms with van der Waals surface area (Å²) in [5.41, 5.74) is 14.9. The number of hydrogen-bond donors (Lipinski definition) is 0. The summed E-state index contributed by atoms with van der Waals surface area (Å²) in [6.45, 7) is 13.4. The second-order valence-electron chi connectivity index (χ2n) is 22.4. The maximum absolute atomic E-state index is 7.20. The fraction of sp³-hybridized carbons (Fsp3) is 0.114. The smallest absolute Gasteiger partial charge is 0.178 e. The molecule has 0 saturated carbocycles. The van der Waals surface area contributed by atoms with Gasteiger partial charge in [-0.25, -0.2) is 0 Å². The summed E-state index contributed by atoms with van der Waals surface area (Å²) in [7, 11) is 0. The highest BCUT2D eigenvalue weighted by Gasteiger charge is 2.28. The van der Waals surface area contributed by atoms with E-state index in [1.807, 2.05) is 0 Å². The molecule has 0 fully saturated rings. The van der Waals surface area contributed by atoms with Crippen LogP contribution in [0.25, 0.3) is 109 Å². The number of anilines is 6. The molecule has 0 spiro atoms. The van der Waals surface area contributed by atoms with E-state index in [4.69, 9.17) is 17.7 Å². The lowest BCUT2D eigenvalue weighted by Crippen LogP contribution is -2.11. The largest absolute Gasteiger partial charge is 0.456 e. The monoisotopic (exact) mass is 984 g/mol. The number of para-hydroxylation sites is 4. The zero-order chi connectivity index (χ0) is 51.2. The molecule has 0 amide bonds. The molecule has 0 atom stereocenters. The average molecular weight is 985 g/mol. The van der Waals surface area contributed by atoms with E-state index in [0.717, 1.165) is 143 Å². The van der Waals surface area contributed by atoms with E-state index in [-0.39, 0.29) is 10.8 Å². The molecule has 6 nitrogen and oxygen atoms in total. The van der Waals surface area contributed by atoms with Gasteiger partial charge in [0, 0.05) is 99.9 Å². The van der Waals surface area contributed by atoms with Gasteiger partial charge < -0.3 is 27.5 Å². The van der Waals surface area contributed by atoms with E-state index in [9.17, 15) is 0 Å². The van der Waals surface area contributed by atoms with E-state index in [2.05, 4.69) is 258 Å². The van der Waals surface area contributed by atoms with E-state index in [1.54, 1.807) is 0 Å². The Hall–Kier alpha value is -9.26. The van der Waals surface area contributed by atoms with Crippen molar-refractivity contribution in [1.29, 1.82) is 0 Å². The molecule has 0 aliphatic heterocycles. The van der Waals surface area contributed by atoms with E-state index in [1.165, 1.54) is 11.1 Å². The van der Waals surface area contributed by atoms with E-state index < -0.39 is 0 Å². The minimum atomic E-state index is -0.0771. The molecule has 6 heteroatoms. The van der Waals surface area contributed by atoms with E-state index >= 15 is 0 Å². The lowest BCUT2D eigenvalue weighted by atomic mass is 9.86. The molecule has 0 aliphatic carbocycles. The molecular weight excluding hydrogens is 933 g/mol. The number of nitrogens with zero attached hydrogens (tertiary/aromatic N) is 2. The highest BCUT2D eigenvalue weighted by Crippen LogP contribution is 2.51. The summed E-state index contributed by atoms with van der Waals surface area (Å²) in [6.07, 6.45) is 0. The summed E-state index contributed by atoms with van der Waals surface area (Å²) in [5.74, 6) is 0. The fourth-order valence-electron chi connectivity index (χ4n) is 12.2. The van der Waals surface area contributed by atoms with Crippen molar-refractivity contribution in [2.24, 2.45) is 0 Å². The van der Waals surface area contributed by atoms with Crippen LogP contribution in [-0.4, -0.2) is 0 Å². The van der Waals surface area contributed by atoms with Crippen LogP contribution in [0.4, 0.5) is 34.1 Å². The summed E-state index contributed by atoms with van der Waals surface area (Å²) in [4.78, 5) is 4.69. The molecule has 15 rings (SSSR count). The van der Waals surface area contributed by atoms with Gasteiger partial charge in [0.25, 0.3) is 0 Å². The fourth-order valence-corrected chi connectivity index (χ4v) is 12.2. The third kappa shape index (κ3) is 6.59. The van der Waals surface area contributed by atoms with Gasteiger partial charge in [-0.15, -0.1) is 0 Å². The Morgan fingerprint density at radius 2 is 0.632 bits per heavy atom. The molecule has 0 radical (unpaired) electrons. The second kappa shape index (κ2) is 16.1. The van der Waals surface area contributed by atoms with Crippen LogP contribution in [0.5, 0.6) is 0 Å². The lowest BCUT2D eigenvalue weighted by molar-refractivity contribution is 0.572. The summed E-state index contributed by atoms with van der Waals surface area (Å²) in [5, 5.41) is 12.9. The highest BCUT2D eigenvalue weighted by atomic mass is 16.4. The van der Waals surface area contributed by atoms with Crippen LogP contribution in [0.3, 0.4) is 0 Å². The molecule has 15 aromatic rings. The van der Waals surface area contributed by atoms with Gasteiger partial charge in [0.2, 0.25) is 0 Å². The normalized spacial score (nSPS) is 12.6. The zero-order valence-corrected chi connectivity index (χ0v) is 43.2. The number of benzene rings is 11. The molecule has 4 heterocycles. The quantitative estimate of drug-likeness (QED) is 0.165. The van der Waals surface area contributed by atoms with Crippen LogP contribution >= 0.6 is 0 Å². The second-order valence-corrected chi connectivity index (χ2v) is 22.4. The Morgan fingerprint density at radius 3 is 1.04 bits per heavy atom. The van der Waals surface area contributed by atoms with Gasteiger partial charge in [0.1, 0.15) is 33.5 Å². The number of furan rings is 4. The first-order valence-electron chi connectivity index (χ1n) is 26.2. The van der Waals surface area contributed by atoms with Gasteiger partial charge in [-0.3, -0.25) is 0 Å². The van der Waals surface area contributed by atoms with Gasteiger partial charge in [-0.2, -0.15) is 0 Å². The molecule has 366 valence electrons. The molecule has 0 saturated heterocycles. The Balaban J connectivity index is 0.939. The van der Waals surface area contributed by atoms with Gasteiger partial charge in [-0.05, 0) is 94.4 Å². The van der Waals surface area contributed by atoms with Crippen LogP contribution in [0.1, 0.15) is 52.7 Å². The number of rotatable bonds is 6. The van der Waals surface area contributed by atoms with Crippen molar-refractivity contribution >= 4 is 143 Å². The summed E-state index contributed by atoms with van der Waals surface area (Å²) in [6, 6.07) is 73.6. The topological polar surface area (TPSA) is 59.0 Å². The summed E-state index contributed by atoms with van der Waals surface area (Å²) < 4.78 is 27.7. The van der Waals surface area contributed by atoms with Crippen LogP contribution < -0.4 is 9.80 Å². The van der Waals surface area contributed by atoms with Crippen molar-refractivity contribution in [1.82, 2.24) is 0 Å². The first kappa shape index (κ1) is 44.2. The lowest BCUT2D eigenvalue weighted by Gasteiger charge is -2.27. The molecule has 0 N–H and O–H groups in total. The van der Waals surface area contributed by atoms with Crippen LogP contribution in [-0.2, 0) is 10.8 Å². The van der Waals surface area contributed by atoms with Gasteiger partial charge >= 0.3 is 0 Å². The van der Waals surface area contributed by atoms with Crippen LogP contribution in [0.2, 0.25) is 0 Å². The summed E-state index contributed by atoms with van der Waals surface area (Å²) >= 11 is 0. The van der Waals surface area contributed by atoms with Crippen LogP contribution in [0, 0.1) is 0 Å². The van der Waals surface area contributed by atoms with Crippen molar-refractivity contribution in [2.75, 3.05) is 9.80 Å².